The highest BCUT2D eigenvalue weighted by Crippen LogP contribution is 2.36. The van der Waals surface area contributed by atoms with Gasteiger partial charge in [-0.1, -0.05) is 24.3 Å². The van der Waals surface area contributed by atoms with E-state index < -0.39 is 5.82 Å². The summed E-state index contributed by atoms with van der Waals surface area (Å²) in [6.07, 6.45) is 0. The van der Waals surface area contributed by atoms with E-state index in [1.165, 1.54) is 6.07 Å². The molecule has 1 unspecified atom stereocenters. The molecule has 1 atom stereocenters. The molecule has 0 heterocycles. The molecule has 0 saturated carbocycles. The van der Waals surface area contributed by atoms with E-state index in [0.29, 0.717) is 23.7 Å². The van der Waals surface area contributed by atoms with Crippen LogP contribution in [0.15, 0.2) is 42.5 Å². The number of ether oxygens (including phenoxy) is 2. The summed E-state index contributed by atoms with van der Waals surface area (Å²) in [4.78, 5) is 0. The second-order valence-corrected chi connectivity index (χ2v) is 4.43. The van der Waals surface area contributed by atoms with Gasteiger partial charge in [-0.15, -0.1) is 0 Å². The van der Waals surface area contributed by atoms with Crippen LogP contribution in [-0.4, -0.2) is 6.61 Å². The van der Waals surface area contributed by atoms with Crippen LogP contribution >= 0.6 is 0 Å². The Labute approximate surface area is 118 Å². The Morgan fingerprint density at radius 2 is 1.80 bits per heavy atom. The van der Waals surface area contributed by atoms with E-state index in [-0.39, 0.29) is 11.8 Å². The smallest absolute Gasteiger partial charge is 0.169 e. The normalized spacial score (nSPS) is 12.0. The topological polar surface area (TPSA) is 44.5 Å². The Kier molecular flexibility index (Phi) is 4.58. The van der Waals surface area contributed by atoms with Crippen molar-refractivity contribution in [3.63, 3.8) is 0 Å². The summed E-state index contributed by atoms with van der Waals surface area (Å²) in [7, 11) is 0. The van der Waals surface area contributed by atoms with E-state index in [9.17, 15) is 4.39 Å². The second-order valence-electron chi connectivity index (χ2n) is 4.43. The highest BCUT2D eigenvalue weighted by molar-refractivity contribution is 5.46. The van der Waals surface area contributed by atoms with Gasteiger partial charge in [0.2, 0.25) is 0 Å². The third-order valence-electron chi connectivity index (χ3n) is 2.85. The Morgan fingerprint density at radius 1 is 1.10 bits per heavy atom. The molecule has 0 fully saturated rings. The molecule has 2 aromatic rings. The molecule has 0 bridgehead atoms. The number of rotatable bonds is 5. The number of halogens is 1. The molecule has 0 aliphatic rings. The Hall–Kier alpha value is -2.07. The Morgan fingerprint density at radius 3 is 2.45 bits per heavy atom. The van der Waals surface area contributed by atoms with E-state index in [1.54, 1.807) is 31.2 Å². The molecular formula is C16H18FNO2. The lowest BCUT2D eigenvalue weighted by molar-refractivity contribution is 0.318. The van der Waals surface area contributed by atoms with Gasteiger partial charge in [-0.3, -0.25) is 0 Å². The minimum Gasteiger partial charge on any atom is -0.490 e. The zero-order valence-corrected chi connectivity index (χ0v) is 11.6. The Balaban J connectivity index is 2.40. The van der Waals surface area contributed by atoms with E-state index in [4.69, 9.17) is 15.2 Å². The first-order valence-corrected chi connectivity index (χ1v) is 6.57. The van der Waals surface area contributed by atoms with Crippen molar-refractivity contribution in [2.75, 3.05) is 6.61 Å². The summed E-state index contributed by atoms with van der Waals surface area (Å²) in [5.41, 5.74) is 6.48. The minimum atomic E-state index is -0.439. The van der Waals surface area contributed by atoms with Gasteiger partial charge in [-0.25, -0.2) is 4.39 Å². The monoisotopic (exact) mass is 275 g/mol. The standard InChI is InChI=1S/C16H18FNO2/c1-3-19-14-9-4-5-10-15(14)20-16-12(11(2)18)7-6-8-13(16)17/h4-11H,3,18H2,1-2H3. The number of benzene rings is 2. The lowest BCUT2D eigenvalue weighted by atomic mass is 10.1. The largest absolute Gasteiger partial charge is 0.490 e. The van der Waals surface area contributed by atoms with Crippen molar-refractivity contribution in [3.8, 4) is 17.2 Å². The summed E-state index contributed by atoms with van der Waals surface area (Å²) >= 11 is 0. The molecule has 0 saturated heterocycles. The van der Waals surface area contributed by atoms with Crippen LogP contribution in [0.2, 0.25) is 0 Å². The van der Waals surface area contributed by atoms with Crippen LogP contribution in [0.25, 0.3) is 0 Å². The van der Waals surface area contributed by atoms with Crippen molar-refractivity contribution in [2.24, 2.45) is 5.73 Å². The summed E-state index contributed by atoms with van der Waals surface area (Å²) in [5, 5.41) is 0. The zero-order valence-electron chi connectivity index (χ0n) is 11.6. The summed E-state index contributed by atoms with van der Waals surface area (Å²) < 4.78 is 25.2. The maximum atomic E-state index is 14.0. The molecular weight excluding hydrogens is 257 g/mol. The molecule has 20 heavy (non-hydrogen) atoms. The molecule has 0 radical (unpaired) electrons. The fourth-order valence-electron chi connectivity index (χ4n) is 1.91. The van der Waals surface area contributed by atoms with Gasteiger partial charge in [0.15, 0.2) is 23.1 Å². The highest BCUT2D eigenvalue weighted by Gasteiger charge is 2.15. The predicted octanol–water partition coefficient (Wildman–Crippen LogP) is 4.04. The fraction of sp³-hybridized carbons (Fsp3) is 0.250. The highest BCUT2D eigenvalue weighted by atomic mass is 19.1. The van der Waals surface area contributed by atoms with Crippen LogP contribution in [0.1, 0.15) is 25.5 Å². The third kappa shape index (κ3) is 3.08. The van der Waals surface area contributed by atoms with Crippen LogP contribution < -0.4 is 15.2 Å². The molecule has 2 N–H and O–H groups in total. The number of hydrogen-bond acceptors (Lipinski definition) is 3. The average molecular weight is 275 g/mol. The van der Waals surface area contributed by atoms with Crippen LogP contribution in [0.4, 0.5) is 4.39 Å². The number of nitrogens with two attached hydrogens (primary N) is 1. The SMILES string of the molecule is CCOc1ccccc1Oc1c(F)cccc1C(C)N. The van der Waals surface area contributed by atoms with Gasteiger partial charge in [0, 0.05) is 11.6 Å². The third-order valence-corrected chi connectivity index (χ3v) is 2.85. The molecule has 106 valence electrons. The first kappa shape index (κ1) is 14.3. The van der Waals surface area contributed by atoms with E-state index in [0.717, 1.165) is 0 Å². The van der Waals surface area contributed by atoms with Crippen molar-refractivity contribution in [1.29, 1.82) is 0 Å². The van der Waals surface area contributed by atoms with Crippen molar-refractivity contribution in [2.45, 2.75) is 19.9 Å². The zero-order chi connectivity index (χ0) is 14.5. The van der Waals surface area contributed by atoms with Gasteiger partial charge >= 0.3 is 0 Å². The van der Waals surface area contributed by atoms with Crippen LogP contribution in [-0.2, 0) is 0 Å². The van der Waals surface area contributed by atoms with E-state index >= 15 is 0 Å². The van der Waals surface area contributed by atoms with Crippen molar-refractivity contribution in [3.05, 3.63) is 53.8 Å². The van der Waals surface area contributed by atoms with Gasteiger partial charge in [0.05, 0.1) is 6.61 Å². The maximum Gasteiger partial charge on any atom is 0.169 e. The first-order chi connectivity index (χ1) is 9.63. The summed E-state index contributed by atoms with van der Waals surface area (Å²) in [6, 6.07) is 11.6. The van der Waals surface area contributed by atoms with Crippen LogP contribution in [0, 0.1) is 5.82 Å². The maximum absolute atomic E-state index is 14.0. The fourth-order valence-corrected chi connectivity index (χ4v) is 1.91. The Bertz CT molecular complexity index is 584. The van der Waals surface area contributed by atoms with Crippen LogP contribution in [0.3, 0.4) is 0 Å². The molecule has 0 aliphatic heterocycles. The molecule has 0 aliphatic carbocycles. The quantitative estimate of drug-likeness (QED) is 0.895. The van der Waals surface area contributed by atoms with Crippen LogP contribution in [0.5, 0.6) is 17.2 Å². The van der Waals surface area contributed by atoms with Crippen molar-refractivity contribution >= 4 is 0 Å². The molecule has 2 aromatic carbocycles. The molecule has 0 amide bonds. The van der Waals surface area contributed by atoms with Gasteiger partial charge in [0.1, 0.15) is 0 Å². The molecule has 0 aromatic heterocycles. The van der Waals surface area contributed by atoms with Gasteiger partial charge < -0.3 is 15.2 Å². The van der Waals surface area contributed by atoms with Crippen molar-refractivity contribution in [1.82, 2.24) is 0 Å². The van der Waals surface area contributed by atoms with E-state index in [2.05, 4.69) is 0 Å². The second kappa shape index (κ2) is 6.39. The molecule has 2 rings (SSSR count). The van der Waals surface area contributed by atoms with Gasteiger partial charge in [-0.05, 0) is 32.0 Å². The summed E-state index contributed by atoms with van der Waals surface area (Å²) in [5.74, 6) is 0.760. The van der Waals surface area contributed by atoms with E-state index in [1.807, 2.05) is 19.1 Å². The lowest BCUT2D eigenvalue weighted by Crippen LogP contribution is -2.08. The first-order valence-electron chi connectivity index (χ1n) is 6.57. The van der Waals surface area contributed by atoms with Gasteiger partial charge in [0.25, 0.3) is 0 Å². The lowest BCUT2D eigenvalue weighted by Gasteiger charge is -2.16. The predicted molar refractivity (Wildman–Crippen MR) is 76.7 cm³/mol. The van der Waals surface area contributed by atoms with Crippen molar-refractivity contribution < 1.29 is 13.9 Å². The molecule has 0 spiro atoms. The minimum absolute atomic E-state index is 0.148. The summed E-state index contributed by atoms with van der Waals surface area (Å²) in [6.45, 7) is 4.18. The molecule has 3 nitrogen and oxygen atoms in total. The molecule has 4 heteroatoms. The number of para-hydroxylation sites is 3. The van der Waals surface area contributed by atoms with Gasteiger partial charge in [-0.2, -0.15) is 0 Å². The number of hydrogen-bond donors (Lipinski definition) is 1. The average Bonchev–Trinajstić information content (AvgIpc) is 2.43.